The lowest BCUT2D eigenvalue weighted by Crippen LogP contribution is -2.46. The highest BCUT2D eigenvalue weighted by molar-refractivity contribution is 5.85. The maximum atomic E-state index is 12.7. The van der Waals surface area contributed by atoms with Gasteiger partial charge in [0.1, 0.15) is 0 Å². The standard InChI is InChI=1S/C16H23N3O2/c1-12-9-14(7-8-18-12)16(21)19(11-15(17)20)10-13-5-3-2-4-6-13/h2-6,12,14,18H,7-11H2,1H3,(H2,17,20)/t12-,14-/m0/s1. The van der Waals surface area contributed by atoms with Gasteiger partial charge in [0, 0.05) is 18.5 Å². The molecule has 1 aromatic rings. The average Bonchev–Trinajstić information content (AvgIpc) is 2.46. The van der Waals surface area contributed by atoms with Crippen LogP contribution in [0.3, 0.4) is 0 Å². The predicted molar refractivity (Wildman–Crippen MR) is 81.2 cm³/mol. The Morgan fingerprint density at radius 2 is 2.05 bits per heavy atom. The molecule has 1 fully saturated rings. The van der Waals surface area contributed by atoms with Gasteiger partial charge in [0.15, 0.2) is 0 Å². The second-order valence-electron chi connectivity index (χ2n) is 5.72. The lowest BCUT2D eigenvalue weighted by Gasteiger charge is -2.31. The van der Waals surface area contributed by atoms with Crippen LogP contribution in [0.25, 0.3) is 0 Å². The van der Waals surface area contributed by atoms with Gasteiger partial charge < -0.3 is 16.0 Å². The van der Waals surface area contributed by atoms with E-state index >= 15 is 0 Å². The highest BCUT2D eigenvalue weighted by Crippen LogP contribution is 2.20. The number of carbonyl (C=O) groups is 2. The van der Waals surface area contributed by atoms with Crippen LogP contribution in [0.15, 0.2) is 30.3 Å². The molecule has 3 N–H and O–H groups in total. The van der Waals surface area contributed by atoms with Crippen molar-refractivity contribution in [2.24, 2.45) is 11.7 Å². The van der Waals surface area contributed by atoms with E-state index in [9.17, 15) is 9.59 Å². The number of primary amides is 1. The summed E-state index contributed by atoms with van der Waals surface area (Å²) in [6, 6.07) is 10.0. The van der Waals surface area contributed by atoms with Crippen molar-refractivity contribution < 1.29 is 9.59 Å². The summed E-state index contributed by atoms with van der Waals surface area (Å²) in [5, 5.41) is 3.33. The summed E-state index contributed by atoms with van der Waals surface area (Å²) in [7, 11) is 0. The van der Waals surface area contributed by atoms with Crippen LogP contribution < -0.4 is 11.1 Å². The minimum absolute atomic E-state index is 0.0218. The molecule has 0 bridgehead atoms. The molecule has 114 valence electrons. The maximum absolute atomic E-state index is 12.7. The molecule has 2 rings (SSSR count). The van der Waals surface area contributed by atoms with Gasteiger partial charge in [0.2, 0.25) is 11.8 Å². The Hall–Kier alpha value is -1.88. The third-order valence-corrected chi connectivity index (χ3v) is 3.85. The highest BCUT2D eigenvalue weighted by Gasteiger charge is 2.29. The number of nitrogens with zero attached hydrogens (tertiary/aromatic N) is 1. The van der Waals surface area contributed by atoms with E-state index in [4.69, 9.17) is 5.73 Å². The van der Waals surface area contributed by atoms with E-state index in [1.165, 1.54) is 0 Å². The van der Waals surface area contributed by atoms with Crippen LogP contribution in [-0.2, 0) is 16.1 Å². The maximum Gasteiger partial charge on any atom is 0.237 e. The van der Waals surface area contributed by atoms with E-state index < -0.39 is 5.91 Å². The van der Waals surface area contributed by atoms with Gasteiger partial charge >= 0.3 is 0 Å². The molecular formula is C16H23N3O2. The molecule has 1 aliphatic heterocycles. The van der Waals surface area contributed by atoms with Crippen LogP contribution in [-0.4, -0.2) is 35.8 Å². The monoisotopic (exact) mass is 289 g/mol. The zero-order chi connectivity index (χ0) is 15.2. The lowest BCUT2D eigenvalue weighted by molar-refractivity contribution is -0.140. The van der Waals surface area contributed by atoms with Crippen LogP contribution in [0.1, 0.15) is 25.3 Å². The largest absolute Gasteiger partial charge is 0.368 e. The van der Waals surface area contributed by atoms with Crippen LogP contribution in [0.5, 0.6) is 0 Å². The molecule has 0 spiro atoms. The fraction of sp³-hybridized carbons (Fsp3) is 0.500. The topological polar surface area (TPSA) is 75.4 Å². The number of rotatable bonds is 5. The van der Waals surface area contributed by atoms with E-state index in [1.54, 1.807) is 4.90 Å². The summed E-state index contributed by atoms with van der Waals surface area (Å²) in [4.78, 5) is 25.5. The van der Waals surface area contributed by atoms with Crippen molar-refractivity contribution in [3.63, 3.8) is 0 Å². The third kappa shape index (κ3) is 4.56. The Labute approximate surface area is 125 Å². The fourth-order valence-electron chi connectivity index (χ4n) is 2.82. The smallest absolute Gasteiger partial charge is 0.237 e. The summed E-state index contributed by atoms with van der Waals surface area (Å²) in [6.07, 6.45) is 1.62. The summed E-state index contributed by atoms with van der Waals surface area (Å²) in [6.45, 7) is 3.33. The summed E-state index contributed by atoms with van der Waals surface area (Å²) in [5.74, 6) is -0.462. The van der Waals surface area contributed by atoms with Gasteiger partial charge in [0.05, 0.1) is 6.54 Å². The lowest BCUT2D eigenvalue weighted by atomic mass is 9.92. The quantitative estimate of drug-likeness (QED) is 0.845. The third-order valence-electron chi connectivity index (χ3n) is 3.85. The van der Waals surface area contributed by atoms with E-state index in [0.29, 0.717) is 12.6 Å². The van der Waals surface area contributed by atoms with E-state index in [1.807, 2.05) is 30.3 Å². The van der Waals surface area contributed by atoms with Crippen molar-refractivity contribution in [3.05, 3.63) is 35.9 Å². The second-order valence-corrected chi connectivity index (χ2v) is 5.72. The van der Waals surface area contributed by atoms with Gasteiger partial charge in [-0.1, -0.05) is 30.3 Å². The molecule has 0 radical (unpaired) electrons. The van der Waals surface area contributed by atoms with Crippen molar-refractivity contribution in [2.75, 3.05) is 13.1 Å². The van der Waals surface area contributed by atoms with E-state index in [0.717, 1.165) is 24.9 Å². The van der Waals surface area contributed by atoms with Crippen LogP contribution in [0.2, 0.25) is 0 Å². The van der Waals surface area contributed by atoms with Gasteiger partial charge in [-0.3, -0.25) is 9.59 Å². The minimum Gasteiger partial charge on any atom is -0.368 e. The van der Waals surface area contributed by atoms with Gasteiger partial charge in [-0.2, -0.15) is 0 Å². The molecule has 2 amide bonds. The number of hydrogen-bond donors (Lipinski definition) is 2. The molecule has 1 aliphatic rings. The Bertz CT molecular complexity index is 490. The molecule has 2 atom stereocenters. The average molecular weight is 289 g/mol. The number of benzene rings is 1. The molecule has 1 saturated heterocycles. The first kappa shape index (κ1) is 15.5. The first-order valence-electron chi connectivity index (χ1n) is 7.40. The van der Waals surface area contributed by atoms with Crippen molar-refractivity contribution in [2.45, 2.75) is 32.4 Å². The molecule has 0 unspecified atom stereocenters. The second kappa shape index (κ2) is 7.22. The van der Waals surface area contributed by atoms with Crippen LogP contribution in [0, 0.1) is 5.92 Å². The number of hydrogen-bond acceptors (Lipinski definition) is 3. The first-order valence-corrected chi connectivity index (χ1v) is 7.40. The number of carbonyl (C=O) groups excluding carboxylic acids is 2. The normalized spacial score (nSPS) is 21.8. The Balaban J connectivity index is 2.07. The number of nitrogens with two attached hydrogens (primary N) is 1. The molecule has 1 aromatic carbocycles. The molecule has 1 heterocycles. The Kier molecular flexibility index (Phi) is 5.33. The van der Waals surface area contributed by atoms with Crippen molar-refractivity contribution >= 4 is 11.8 Å². The SMILES string of the molecule is C[C@H]1C[C@@H](C(=O)N(CC(N)=O)Cc2ccccc2)CCN1. The van der Waals surface area contributed by atoms with Crippen molar-refractivity contribution in [1.82, 2.24) is 10.2 Å². The Morgan fingerprint density at radius 3 is 2.67 bits per heavy atom. The molecule has 21 heavy (non-hydrogen) atoms. The van der Waals surface area contributed by atoms with Gasteiger partial charge in [-0.25, -0.2) is 0 Å². The fourth-order valence-corrected chi connectivity index (χ4v) is 2.82. The van der Waals surface area contributed by atoms with Crippen LogP contribution >= 0.6 is 0 Å². The number of amides is 2. The van der Waals surface area contributed by atoms with Crippen molar-refractivity contribution in [3.8, 4) is 0 Å². The molecular weight excluding hydrogens is 266 g/mol. The summed E-state index contributed by atoms with van der Waals surface area (Å²) < 4.78 is 0. The molecule has 0 saturated carbocycles. The number of nitrogens with one attached hydrogen (secondary N) is 1. The number of piperidine rings is 1. The van der Waals surface area contributed by atoms with E-state index in [2.05, 4.69) is 12.2 Å². The highest BCUT2D eigenvalue weighted by atomic mass is 16.2. The van der Waals surface area contributed by atoms with Gasteiger partial charge in [-0.05, 0) is 31.9 Å². The summed E-state index contributed by atoms with van der Waals surface area (Å²) >= 11 is 0. The van der Waals surface area contributed by atoms with Gasteiger partial charge in [0.25, 0.3) is 0 Å². The van der Waals surface area contributed by atoms with E-state index in [-0.39, 0.29) is 18.4 Å². The van der Waals surface area contributed by atoms with Gasteiger partial charge in [-0.15, -0.1) is 0 Å². The predicted octanol–water partition coefficient (Wildman–Crippen LogP) is 0.889. The molecule has 5 heteroatoms. The first-order chi connectivity index (χ1) is 10.1. The molecule has 0 aliphatic carbocycles. The minimum atomic E-state index is -0.471. The molecule has 5 nitrogen and oxygen atoms in total. The van der Waals surface area contributed by atoms with Crippen molar-refractivity contribution in [1.29, 1.82) is 0 Å². The zero-order valence-electron chi connectivity index (χ0n) is 12.4. The molecule has 0 aromatic heterocycles. The zero-order valence-corrected chi connectivity index (χ0v) is 12.4. The van der Waals surface area contributed by atoms with Crippen LogP contribution in [0.4, 0.5) is 0 Å². The Morgan fingerprint density at radius 1 is 1.33 bits per heavy atom. The summed E-state index contributed by atoms with van der Waals surface area (Å²) in [5.41, 5.74) is 6.30.